The number of rotatable bonds is 13. The van der Waals surface area contributed by atoms with Crippen molar-refractivity contribution in [3.63, 3.8) is 0 Å². The first-order valence-electron chi connectivity index (χ1n) is 19.5. The molecule has 4 N–H and O–H groups in total. The Bertz CT molecular complexity index is 2360. The van der Waals surface area contributed by atoms with E-state index in [0.717, 1.165) is 32.9 Å². The molecular weight excluding hydrogens is 819 g/mol. The quantitative estimate of drug-likeness (QED) is 0.0420. The summed E-state index contributed by atoms with van der Waals surface area (Å²) in [6, 6.07) is 27.1. The average Bonchev–Trinajstić information content (AvgIpc) is 4.04. The third-order valence-corrected chi connectivity index (χ3v) is 13.0. The molecule has 0 saturated carbocycles. The maximum atomic E-state index is 14.3. The molecule has 3 atom stereocenters. The van der Waals surface area contributed by atoms with Gasteiger partial charge in [-0.05, 0) is 24.5 Å². The number of thiazole rings is 1. The summed E-state index contributed by atoms with van der Waals surface area (Å²) in [5.74, 6) is -2.85. The molecule has 4 amide bonds. The first kappa shape index (κ1) is 41.0. The maximum absolute atomic E-state index is 14.3. The van der Waals surface area contributed by atoms with Crippen LogP contribution in [0.5, 0.6) is 0 Å². The number of oxime groups is 1. The molecule has 4 aliphatic heterocycles. The Morgan fingerprint density at radius 2 is 1.62 bits per heavy atom. The molecule has 4 aliphatic rings. The SMILES string of the molecule is C=CCOC(=O)N1CC[C@@H](N2CCC(=CC3=C(C(=O)O)N4C(=O)[C@@H](NC(=O)C(=NOC(c5ccccc5)(c5ccccc5)c5ccccc5)c5csc(N)n5)[C@H]4SC3)C2=O)C1. The molecule has 312 valence electrons. The third kappa shape index (κ3) is 7.89. The zero-order chi connectivity index (χ0) is 42.7. The van der Waals surface area contributed by atoms with Crippen molar-refractivity contribution < 1.29 is 38.7 Å². The summed E-state index contributed by atoms with van der Waals surface area (Å²) in [6.45, 7) is 4.83. The molecule has 0 spiro atoms. The number of β-lactam (4-membered cyclic amide) rings is 1. The first-order chi connectivity index (χ1) is 29.6. The molecule has 8 rings (SSSR count). The van der Waals surface area contributed by atoms with Crippen molar-refractivity contribution in [3.8, 4) is 0 Å². The van der Waals surface area contributed by atoms with Gasteiger partial charge in [-0.1, -0.05) is 109 Å². The van der Waals surface area contributed by atoms with E-state index in [-0.39, 0.29) is 46.5 Å². The lowest BCUT2D eigenvalue weighted by Gasteiger charge is -2.49. The zero-order valence-corrected chi connectivity index (χ0v) is 34.3. The summed E-state index contributed by atoms with van der Waals surface area (Å²) in [4.78, 5) is 82.2. The van der Waals surface area contributed by atoms with E-state index in [1.54, 1.807) is 21.3 Å². The molecule has 0 radical (unpaired) electrons. The number of ether oxygens (including phenoxy) is 1. The molecule has 61 heavy (non-hydrogen) atoms. The van der Waals surface area contributed by atoms with Crippen LogP contribution in [0, 0.1) is 0 Å². The number of hydrogen-bond donors (Lipinski definition) is 3. The topological polar surface area (TPSA) is 197 Å². The zero-order valence-electron chi connectivity index (χ0n) is 32.7. The molecule has 0 bridgehead atoms. The molecule has 0 unspecified atom stereocenters. The minimum absolute atomic E-state index is 0.0919. The molecule has 15 nitrogen and oxygen atoms in total. The van der Waals surface area contributed by atoms with Crippen molar-refractivity contribution >= 4 is 63.7 Å². The number of nitrogens with zero attached hydrogens (tertiary/aromatic N) is 5. The molecule has 1 aromatic heterocycles. The number of anilines is 1. The smallest absolute Gasteiger partial charge is 0.410 e. The highest BCUT2D eigenvalue weighted by Gasteiger charge is 2.54. The Balaban J connectivity index is 1.04. The van der Waals surface area contributed by atoms with E-state index in [9.17, 15) is 29.1 Å². The number of benzene rings is 3. The van der Waals surface area contributed by atoms with Crippen LogP contribution >= 0.6 is 23.1 Å². The van der Waals surface area contributed by atoms with Crippen LogP contribution in [0.2, 0.25) is 0 Å². The molecule has 0 aliphatic carbocycles. The van der Waals surface area contributed by atoms with Gasteiger partial charge in [0.2, 0.25) is 11.5 Å². The maximum Gasteiger partial charge on any atom is 0.410 e. The van der Waals surface area contributed by atoms with Gasteiger partial charge in [0.1, 0.15) is 29.4 Å². The molecule has 3 fully saturated rings. The number of carboxylic acids is 1. The number of hydrogen-bond acceptors (Lipinski definition) is 12. The molecule has 17 heteroatoms. The molecule has 4 aromatic rings. The van der Waals surface area contributed by atoms with Crippen LogP contribution in [0.4, 0.5) is 9.93 Å². The lowest BCUT2D eigenvalue weighted by Crippen LogP contribution is -2.71. The molecule has 5 heterocycles. The second kappa shape index (κ2) is 17.5. The Hall–Kier alpha value is -6.72. The van der Waals surface area contributed by atoms with Gasteiger partial charge in [0.25, 0.3) is 11.8 Å². The number of nitrogen functional groups attached to an aromatic ring is 1. The number of likely N-dealkylation sites (tertiary alicyclic amines) is 2. The Labute approximate surface area is 359 Å². The van der Waals surface area contributed by atoms with Gasteiger partial charge in [-0.2, -0.15) is 0 Å². The number of carbonyl (C=O) groups is 5. The van der Waals surface area contributed by atoms with Crippen LogP contribution < -0.4 is 11.1 Å². The number of fused-ring (bicyclic) bond motifs is 1. The van der Waals surface area contributed by atoms with Crippen molar-refractivity contribution in [1.29, 1.82) is 0 Å². The van der Waals surface area contributed by atoms with Crippen molar-refractivity contribution in [1.82, 2.24) is 25.0 Å². The van der Waals surface area contributed by atoms with Gasteiger partial charge in [-0.15, -0.1) is 23.1 Å². The summed E-state index contributed by atoms with van der Waals surface area (Å²) in [6.07, 6.45) is 3.54. The van der Waals surface area contributed by atoms with E-state index in [4.69, 9.17) is 15.3 Å². The fourth-order valence-electron chi connectivity index (χ4n) is 8.07. The fraction of sp³-hybridized carbons (Fsp3) is 0.250. The lowest BCUT2D eigenvalue weighted by atomic mass is 9.80. The lowest BCUT2D eigenvalue weighted by molar-refractivity contribution is -0.150. The van der Waals surface area contributed by atoms with Crippen molar-refractivity contribution in [2.75, 3.05) is 37.7 Å². The van der Waals surface area contributed by atoms with Crippen LogP contribution in [-0.4, -0.2) is 110 Å². The number of aromatic nitrogens is 1. The molecule has 3 aromatic carbocycles. The number of allylic oxidation sites excluding steroid dienone is 1. The van der Waals surface area contributed by atoms with E-state index in [0.29, 0.717) is 43.6 Å². The second-order valence-electron chi connectivity index (χ2n) is 14.6. The number of aliphatic carboxylic acids is 1. The minimum atomic E-state index is -1.34. The average molecular weight is 860 g/mol. The van der Waals surface area contributed by atoms with Gasteiger partial charge in [0.15, 0.2) is 10.8 Å². The van der Waals surface area contributed by atoms with Gasteiger partial charge in [-0.25, -0.2) is 14.6 Å². The summed E-state index contributed by atoms with van der Waals surface area (Å²) in [5, 5.41) is 18.7. The summed E-state index contributed by atoms with van der Waals surface area (Å²) in [7, 11) is 0. The number of amides is 4. The van der Waals surface area contributed by atoms with Gasteiger partial charge in [-0.3, -0.25) is 19.3 Å². The van der Waals surface area contributed by atoms with Gasteiger partial charge in [0, 0.05) is 53.0 Å². The summed E-state index contributed by atoms with van der Waals surface area (Å²) in [5.41, 5.74) is 7.23. The minimum Gasteiger partial charge on any atom is -0.477 e. The van der Waals surface area contributed by atoms with Gasteiger partial charge >= 0.3 is 12.1 Å². The van der Waals surface area contributed by atoms with E-state index in [2.05, 4.69) is 22.0 Å². The number of carbonyl (C=O) groups excluding carboxylic acids is 4. The Morgan fingerprint density at radius 1 is 0.984 bits per heavy atom. The predicted octanol–water partition coefficient (Wildman–Crippen LogP) is 4.73. The highest BCUT2D eigenvalue weighted by Crippen LogP contribution is 2.43. The predicted molar refractivity (Wildman–Crippen MR) is 229 cm³/mol. The second-order valence-corrected chi connectivity index (χ2v) is 16.6. The highest BCUT2D eigenvalue weighted by atomic mass is 32.2. The van der Waals surface area contributed by atoms with Crippen LogP contribution in [0.3, 0.4) is 0 Å². The van der Waals surface area contributed by atoms with Crippen molar-refractivity contribution in [2.24, 2.45) is 5.16 Å². The fourth-order valence-corrected chi connectivity index (χ4v) is 9.92. The van der Waals surface area contributed by atoms with E-state index < -0.39 is 40.9 Å². The normalized spacial score (nSPS) is 21.0. The number of carboxylic acid groups (broad SMARTS) is 1. The third-order valence-electron chi connectivity index (χ3n) is 11.0. The van der Waals surface area contributed by atoms with Crippen LogP contribution in [0.25, 0.3) is 0 Å². The van der Waals surface area contributed by atoms with E-state index in [1.165, 1.54) is 17.8 Å². The van der Waals surface area contributed by atoms with Crippen molar-refractivity contribution in [3.05, 3.63) is 154 Å². The van der Waals surface area contributed by atoms with E-state index in [1.807, 2.05) is 91.0 Å². The summed E-state index contributed by atoms with van der Waals surface area (Å²) < 4.78 is 5.15. The monoisotopic (exact) mass is 859 g/mol. The molecular formula is C44H41N7O8S2. The first-order valence-corrected chi connectivity index (χ1v) is 21.4. The molecule has 3 saturated heterocycles. The van der Waals surface area contributed by atoms with Crippen LogP contribution in [0.1, 0.15) is 35.2 Å². The standard InChI is InChI=1S/C44H41N7O8S2/c1-2-22-58-43(57)49-20-19-32(24-49)50-21-18-27(38(50)53)23-28-25-60-40-35(39(54)51(40)36(28)41(55)56)47-37(52)34(33-26-61-42(45)46-33)48-59-44(29-12-6-3-7-13-29,30-14-8-4-9-15-30)31-16-10-5-11-17-31/h2-17,23,26,32,35,40H,1,18-22,24-25H2,(H2,45,46)(H,47,52)(H,55,56)/t32-,35-,40-/m1/s1. The van der Waals surface area contributed by atoms with Gasteiger partial charge in [0.05, 0.1) is 6.04 Å². The number of thioether (sulfide) groups is 1. The Kier molecular flexibility index (Phi) is 11.8. The van der Waals surface area contributed by atoms with E-state index >= 15 is 0 Å². The highest BCUT2D eigenvalue weighted by molar-refractivity contribution is 8.00. The Morgan fingerprint density at radius 3 is 2.20 bits per heavy atom. The van der Waals surface area contributed by atoms with Gasteiger partial charge < -0.3 is 35.5 Å². The van der Waals surface area contributed by atoms with Crippen molar-refractivity contribution in [2.45, 2.75) is 35.9 Å². The van der Waals surface area contributed by atoms with Crippen LogP contribution in [0.15, 0.2) is 137 Å². The number of nitrogens with two attached hydrogens (primary N) is 1. The largest absolute Gasteiger partial charge is 0.477 e. The van der Waals surface area contributed by atoms with Crippen LogP contribution in [-0.2, 0) is 34.4 Å². The summed E-state index contributed by atoms with van der Waals surface area (Å²) >= 11 is 2.37. The number of nitrogens with one attached hydrogen (secondary N) is 1.